The minimum atomic E-state index is -0.355. The first kappa shape index (κ1) is 21.1. The molecule has 0 unspecified atom stereocenters. The molecule has 1 aliphatic rings. The highest BCUT2D eigenvalue weighted by Gasteiger charge is 2.21. The molecule has 31 heavy (non-hydrogen) atoms. The Morgan fingerprint density at radius 1 is 1.10 bits per heavy atom. The number of amides is 1. The van der Waals surface area contributed by atoms with E-state index in [0.29, 0.717) is 30.3 Å². The van der Waals surface area contributed by atoms with Gasteiger partial charge in [0, 0.05) is 12.2 Å². The molecule has 162 valence electrons. The standard InChI is InChI=1S/C24H28N4O3/c1-2-31-24(30)19-7-9-20(10-8-19)26-23(29)16-27-13-11-18(12-14-27)15-28-17-25-21-5-3-4-6-22(21)28/h3-10,17-18H,2,11-16H2,1H3,(H,26,29). The van der Waals surface area contributed by atoms with Crippen LogP contribution in [0, 0.1) is 5.92 Å². The number of rotatable bonds is 7. The summed E-state index contributed by atoms with van der Waals surface area (Å²) < 4.78 is 7.21. The van der Waals surface area contributed by atoms with Gasteiger partial charge in [-0.05, 0) is 75.2 Å². The molecule has 1 aliphatic heterocycles. The number of aromatic nitrogens is 2. The maximum Gasteiger partial charge on any atom is 0.338 e. The number of likely N-dealkylation sites (tertiary alicyclic amines) is 1. The van der Waals surface area contributed by atoms with E-state index in [-0.39, 0.29) is 11.9 Å². The van der Waals surface area contributed by atoms with E-state index in [1.807, 2.05) is 24.5 Å². The van der Waals surface area contributed by atoms with Crippen LogP contribution in [0.15, 0.2) is 54.9 Å². The molecule has 2 heterocycles. The number of nitrogens with zero attached hydrogens (tertiary/aromatic N) is 3. The zero-order chi connectivity index (χ0) is 21.6. The number of hydrogen-bond acceptors (Lipinski definition) is 5. The molecule has 1 aromatic heterocycles. The van der Waals surface area contributed by atoms with Gasteiger partial charge in [0.15, 0.2) is 0 Å². The maximum atomic E-state index is 12.4. The average molecular weight is 421 g/mol. The second-order valence-electron chi connectivity index (χ2n) is 7.95. The number of hydrogen-bond donors (Lipinski definition) is 1. The molecular formula is C24H28N4O3. The van der Waals surface area contributed by atoms with E-state index >= 15 is 0 Å². The smallest absolute Gasteiger partial charge is 0.338 e. The molecule has 0 saturated carbocycles. The van der Waals surface area contributed by atoms with Crippen molar-refractivity contribution in [3.05, 3.63) is 60.4 Å². The summed E-state index contributed by atoms with van der Waals surface area (Å²) in [5, 5.41) is 2.91. The maximum absolute atomic E-state index is 12.4. The average Bonchev–Trinajstić information content (AvgIpc) is 3.18. The van der Waals surface area contributed by atoms with Crippen LogP contribution in [0.4, 0.5) is 5.69 Å². The predicted octanol–water partition coefficient (Wildman–Crippen LogP) is 3.56. The Hall–Kier alpha value is -3.19. The molecular weight excluding hydrogens is 392 g/mol. The van der Waals surface area contributed by atoms with Crippen LogP contribution in [0.2, 0.25) is 0 Å². The summed E-state index contributed by atoms with van der Waals surface area (Å²) in [4.78, 5) is 30.8. The van der Waals surface area contributed by atoms with E-state index < -0.39 is 0 Å². The number of carbonyl (C=O) groups excluding carboxylic acids is 2. The molecule has 4 rings (SSSR count). The first-order valence-corrected chi connectivity index (χ1v) is 10.8. The van der Waals surface area contributed by atoms with Crippen LogP contribution >= 0.6 is 0 Å². The van der Waals surface area contributed by atoms with Gasteiger partial charge in [-0.3, -0.25) is 9.69 Å². The van der Waals surface area contributed by atoms with E-state index in [1.165, 1.54) is 5.52 Å². The number of carbonyl (C=O) groups is 2. The minimum Gasteiger partial charge on any atom is -0.462 e. The fraction of sp³-hybridized carbons (Fsp3) is 0.375. The summed E-state index contributed by atoms with van der Waals surface area (Å²) in [6.07, 6.45) is 4.06. The quantitative estimate of drug-likeness (QED) is 0.592. The Kier molecular flexibility index (Phi) is 6.62. The van der Waals surface area contributed by atoms with Gasteiger partial charge in [0.25, 0.3) is 0 Å². The minimum absolute atomic E-state index is 0.0389. The lowest BCUT2D eigenvalue weighted by molar-refractivity contribution is -0.117. The summed E-state index contributed by atoms with van der Waals surface area (Å²) in [5.41, 5.74) is 3.37. The third-order valence-corrected chi connectivity index (χ3v) is 5.74. The van der Waals surface area contributed by atoms with Crippen molar-refractivity contribution in [2.45, 2.75) is 26.3 Å². The SMILES string of the molecule is CCOC(=O)c1ccc(NC(=O)CN2CCC(Cn3cnc4ccccc43)CC2)cc1. The topological polar surface area (TPSA) is 76.5 Å². The van der Waals surface area contributed by atoms with E-state index in [1.54, 1.807) is 31.2 Å². The van der Waals surface area contributed by atoms with Crippen molar-refractivity contribution in [1.29, 1.82) is 0 Å². The lowest BCUT2D eigenvalue weighted by Crippen LogP contribution is -2.39. The summed E-state index contributed by atoms with van der Waals surface area (Å²) in [7, 11) is 0. The van der Waals surface area contributed by atoms with Gasteiger partial charge in [0.05, 0.1) is 36.1 Å². The number of piperidine rings is 1. The number of benzene rings is 2. The van der Waals surface area contributed by atoms with Crippen molar-refractivity contribution in [2.75, 3.05) is 31.6 Å². The van der Waals surface area contributed by atoms with Crippen LogP contribution in [0.5, 0.6) is 0 Å². The number of nitrogens with one attached hydrogen (secondary N) is 1. The third kappa shape index (κ3) is 5.30. The monoisotopic (exact) mass is 420 g/mol. The molecule has 0 radical (unpaired) electrons. The summed E-state index contributed by atoms with van der Waals surface area (Å²) in [5.74, 6) is 0.196. The first-order chi connectivity index (χ1) is 15.1. The predicted molar refractivity (Wildman–Crippen MR) is 120 cm³/mol. The molecule has 7 nitrogen and oxygen atoms in total. The zero-order valence-corrected chi connectivity index (χ0v) is 17.8. The van der Waals surface area contributed by atoms with Crippen molar-refractivity contribution in [3.63, 3.8) is 0 Å². The molecule has 0 bridgehead atoms. The molecule has 1 N–H and O–H groups in total. The van der Waals surface area contributed by atoms with Gasteiger partial charge in [-0.25, -0.2) is 9.78 Å². The highest BCUT2D eigenvalue weighted by molar-refractivity contribution is 5.94. The molecule has 1 saturated heterocycles. The van der Waals surface area contributed by atoms with E-state index in [0.717, 1.165) is 38.0 Å². The van der Waals surface area contributed by atoms with E-state index in [4.69, 9.17) is 4.74 Å². The Morgan fingerprint density at radius 2 is 1.84 bits per heavy atom. The summed E-state index contributed by atoms with van der Waals surface area (Å²) in [6, 6.07) is 15.0. The third-order valence-electron chi connectivity index (χ3n) is 5.74. The van der Waals surface area contributed by atoms with Gasteiger partial charge in [-0.1, -0.05) is 12.1 Å². The Balaban J connectivity index is 1.23. The molecule has 1 amide bonds. The van der Waals surface area contributed by atoms with Crippen molar-refractivity contribution in [3.8, 4) is 0 Å². The van der Waals surface area contributed by atoms with Gasteiger partial charge in [-0.15, -0.1) is 0 Å². The Bertz CT molecular complexity index is 1040. The van der Waals surface area contributed by atoms with Gasteiger partial charge >= 0.3 is 5.97 Å². The molecule has 0 aliphatic carbocycles. The van der Waals surface area contributed by atoms with Crippen LogP contribution < -0.4 is 5.32 Å². The lowest BCUT2D eigenvalue weighted by atomic mass is 9.96. The normalized spacial score (nSPS) is 15.1. The highest BCUT2D eigenvalue weighted by Crippen LogP contribution is 2.22. The summed E-state index contributed by atoms with van der Waals surface area (Å²) >= 11 is 0. The fourth-order valence-electron chi connectivity index (χ4n) is 4.07. The van der Waals surface area contributed by atoms with Gasteiger partial charge in [-0.2, -0.15) is 0 Å². The number of anilines is 1. The van der Waals surface area contributed by atoms with Crippen LogP contribution in [0.1, 0.15) is 30.1 Å². The van der Waals surface area contributed by atoms with E-state index in [9.17, 15) is 9.59 Å². The van der Waals surface area contributed by atoms with Crippen LogP contribution in [-0.2, 0) is 16.1 Å². The second kappa shape index (κ2) is 9.75. The molecule has 7 heteroatoms. The van der Waals surface area contributed by atoms with Crippen LogP contribution in [0.3, 0.4) is 0 Å². The number of fused-ring (bicyclic) bond motifs is 1. The summed E-state index contributed by atoms with van der Waals surface area (Å²) in [6.45, 7) is 5.27. The zero-order valence-electron chi connectivity index (χ0n) is 17.8. The van der Waals surface area contributed by atoms with Crippen molar-refractivity contribution in [2.24, 2.45) is 5.92 Å². The second-order valence-corrected chi connectivity index (χ2v) is 7.95. The Labute approximate surface area is 182 Å². The molecule has 0 atom stereocenters. The Morgan fingerprint density at radius 3 is 2.58 bits per heavy atom. The molecule has 3 aromatic rings. The molecule has 0 spiro atoms. The van der Waals surface area contributed by atoms with Crippen LogP contribution in [0.25, 0.3) is 11.0 Å². The lowest BCUT2D eigenvalue weighted by Gasteiger charge is -2.31. The van der Waals surface area contributed by atoms with Gasteiger partial charge < -0.3 is 14.6 Å². The number of para-hydroxylation sites is 2. The van der Waals surface area contributed by atoms with E-state index in [2.05, 4.69) is 25.8 Å². The number of imidazole rings is 1. The van der Waals surface area contributed by atoms with Crippen molar-refractivity contribution >= 4 is 28.6 Å². The molecule has 1 fully saturated rings. The largest absolute Gasteiger partial charge is 0.462 e. The van der Waals surface area contributed by atoms with Crippen molar-refractivity contribution < 1.29 is 14.3 Å². The van der Waals surface area contributed by atoms with Gasteiger partial charge in [0.1, 0.15) is 0 Å². The fourth-order valence-corrected chi connectivity index (χ4v) is 4.07. The number of esters is 1. The van der Waals surface area contributed by atoms with Crippen LogP contribution in [-0.4, -0.2) is 52.6 Å². The van der Waals surface area contributed by atoms with Crippen molar-refractivity contribution in [1.82, 2.24) is 14.5 Å². The molecule has 2 aromatic carbocycles. The van der Waals surface area contributed by atoms with Gasteiger partial charge in [0.2, 0.25) is 5.91 Å². The first-order valence-electron chi connectivity index (χ1n) is 10.8. The number of ether oxygens (including phenoxy) is 1. The highest BCUT2D eigenvalue weighted by atomic mass is 16.5.